The van der Waals surface area contributed by atoms with Crippen LogP contribution in [0.15, 0.2) is 24.3 Å². The maximum atomic E-state index is 12.7. The molecule has 1 aliphatic rings. The third-order valence-electron chi connectivity index (χ3n) is 7.91. The molecule has 0 bridgehead atoms. The molecule has 16 nitrogen and oxygen atoms in total. The van der Waals surface area contributed by atoms with Gasteiger partial charge in [-0.1, -0.05) is 12.1 Å². The number of ether oxygens (including phenoxy) is 6. The molecule has 0 aliphatic carbocycles. The maximum absolute atomic E-state index is 12.7. The van der Waals surface area contributed by atoms with Crippen molar-refractivity contribution < 1.29 is 57.8 Å². The Balaban J connectivity index is 2.07. The average molecular weight is 699 g/mol. The van der Waals surface area contributed by atoms with Crippen LogP contribution >= 0.6 is 0 Å². The van der Waals surface area contributed by atoms with E-state index in [1.54, 1.807) is 17.0 Å². The Labute approximate surface area is 288 Å². The number of carboxylic acid groups (broad SMARTS) is 2. The van der Waals surface area contributed by atoms with E-state index >= 15 is 0 Å². The average Bonchev–Trinajstić information content (AvgIpc) is 3.08. The van der Waals surface area contributed by atoms with Gasteiger partial charge in [0, 0.05) is 59.0 Å². The summed E-state index contributed by atoms with van der Waals surface area (Å²) in [6.07, 6.45) is 0.199. The molecule has 1 aliphatic heterocycles. The predicted molar refractivity (Wildman–Crippen MR) is 178 cm³/mol. The van der Waals surface area contributed by atoms with E-state index < -0.39 is 29.9 Å². The maximum Gasteiger partial charge on any atom is 0.321 e. The van der Waals surface area contributed by atoms with Crippen molar-refractivity contribution in [3.8, 4) is 5.75 Å². The van der Waals surface area contributed by atoms with E-state index in [-0.39, 0.29) is 39.1 Å². The molecule has 0 spiro atoms. The fourth-order valence-corrected chi connectivity index (χ4v) is 5.14. The van der Waals surface area contributed by atoms with Gasteiger partial charge in [0.2, 0.25) is 0 Å². The van der Waals surface area contributed by atoms with Crippen molar-refractivity contribution in [2.24, 2.45) is 0 Å². The predicted octanol–water partition coefficient (Wildman–Crippen LogP) is -0.217. The third-order valence-corrected chi connectivity index (χ3v) is 7.91. The highest BCUT2D eigenvalue weighted by molar-refractivity contribution is 5.74. The van der Waals surface area contributed by atoms with E-state index in [4.69, 9.17) is 28.4 Å². The summed E-state index contributed by atoms with van der Waals surface area (Å²) in [5.41, 5.74) is 0.790. The molecule has 0 radical (unpaired) electrons. The van der Waals surface area contributed by atoms with Crippen LogP contribution in [0.3, 0.4) is 0 Å². The molecule has 278 valence electrons. The number of benzene rings is 1. The Kier molecular flexibility index (Phi) is 21.1. The summed E-state index contributed by atoms with van der Waals surface area (Å²) in [4.78, 5) is 55.9. The van der Waals surface area contributed by atoms with E-state index in [1.807, 2.05) is 33.8 Å². The lowest BCUT2D eigenvalue weighted by Gasteiger charge is -2.35. The van der Waals surface area contributed by atoms with Gasteiger partial charge in [0.1, 0.15) is 18.4 Å². The van der Waals surface area contributed by atoms with Gasteiger partial charge >= 0.3 is 23.9 Å². The highest BCUT2D eigenvalue weighted by atomic mass is 16.6. The lowest BCUT2D eigenvalue weighted by Crippen LogP contribution is -2.52. The van der Waals surface area contributed by atoms with Gasteiger partial charge < -0.3 is 38.6 Å². The number of hydrogen-bond donors (Lipinski definition) is 2. The van der Waals surface area contributed by atoms with Crippen LogP contribution in [0.5, 0.6) is 5.75 Å². The summed E-state index contributed by atoms with van der Waals surface area (Å²) in [7, 11) is 2.61. The van der Waals surface area contributed by atoms with Gasteiger partial charge in [0.05, 0.1) is 66.9 Å². The van der Waals surface area contributed by atoms with E-state index in [1.165, 1.54) is 14.2 Å². The van der Waals surface area contributed by atoms with Crippen LogP contribution in [-0.4, -0.2) is 192 Å². The zero-order valence-electron chi connectivity index (χ0n) is 29.1. The Morgan fingerprint density at radius 1 is 0.653 bits per heavy atom. The second-order valence-corrected chi connectivity index (χ2v) is 11.4. The van der Waals surface area contributed by atoms with Crippen molar-refractivity contribution in [3.63, 3.8) is 0 Å². The molecule has 49 heavy (non-hydrogen) atoms. The largest absolute Gasteiger partial charge is 0.491 e. The second-order valence-electron chi connectivity index (χ2n) is 11.4. The molecule has 16 heteroatoms. The molecule has 1 fully saturated rings. The minimum atomic E-state index is -1.01. The topological polar surface area (TPSA) is 177 Å². The monoisotopic (exact) mass is 698 g/mol. The first kappa shape index (κ1) is 41.8. The summed E-state index contributed by atoms with van der Waals surface area (Å²) in [6.45, 7) is 7.80. The summed E-state index contributed by atoms with van der Waals surface area (Å²) < 4.78 is 31.6. The van der Waals surface area contributed by atoms with Crippen molar-refractivity contribution >= 4 is 23.9 Å². The zero-order valence-corrected chi connectivity index (χ0v) is 29.1. The van der Waals surface area contributed by atoms with E-state index in [9.17, 15) is 29.4 Å². The first-order valence-electron chi connectivity index (χ1n) is 16.6. The van der Waals surface area contributed by atoms with Gasteiger partial charge in [-0.15, -0.1) is 0 Å². The van der Waals surface area contributed by atoms with Gasteiger partial charge in [0.25, 0.3) is 0 Å². The van der Waals surface area contributed by atoms with Gasteiger partial charge in [-0.05, 0) is 31.0 Å². The first-order chi connectivity index (χ1) is 23.6. The molecule has 0 saturated carbocycles. The molecule has 1 aromatic rings. The number of rotatable bonds is 21. The van der Waals surface area contributed by atoms with Crippen molar-refractivity contribution in [3.05, 3.63) is 29.8 Å². The number of hydrogen-bond acceptors (Lipinski definition) is 14. The van der Waals surface area contributed by atoms with Gasteiger partial charge in [-0.3, -0.25) is 38.8 Å². The molecule has 1 heterocycles. The van der Waals surface area contributed by atoms with Crippen LogP contribution in [0.25, 0.3) is 0 Å². The zero-order chi connectivity index (χ0) is 35.9. The summed E-state index contributed by atoms with van der Waals surface area (Å²) in [6, 6.07) is 6.31. The smallest absolute Gasteiger partial charge is 0.321 e. The van der Waals surface area contributed by atoms with Crippen LogP contribution in [-0.2, 0) is 49.3 Å². The quantitative estimate of drug-likeness (QED) is 0.127. The number of carbonyl (C=O) groups excluding carboxylic acids is 2. The van der Waals surface area contributed by atoms with Gasteiger partial charge in [-0.25, -0.2) is 0 Å². The van der Waals surface area contributed by atoms with Crippen LogP contribution < -0.4 is 4.74 Å². The number of methoxy groups -OCH3 is 2. The Bertz CT molecular complexity index is 1110. The number of carboxylic acids is 2. The van der Waals surface area contributed by atoms with E-state index in [0.29, 0.717) is 91.3 Å². The van der Waals surface area contributed by atoms with Gasteiger partial charge in [-0.2, -0.15) is 0 Å². The van der Waals surface area contributed by atoms with Crippen LogP contribution in [0, 0.1) is 0 Å². The Hall–Kier alpha value is -3.38. The summed E-state index contributed by atoms with van der Waals surface area (Å²) in [5, 5.41) is 19.9. The Morgan fingerprint density at radius 3 is 1.55 bits per heavy atom. The molecule has 1 atom stereocenters. The molecular weight excluding hydrogens is 644 g/mol. The van der Waals surface area contributed by atoms with Crippen molar-refractivity contribution in [2.75, 3.05) is 132 Å². The molecule has 0 amide bonds. The Morgan fingerprint density at radius 2 is 1.10 bits per heavy atom. The minimum Gasteiger partial charge on any atom is -0.491 e. The molecule has 2 N–H and O–H groups in total. The first-order valence-corrected chi connectivity index (χ1v) is 16.6. The summed E-state index contributed by atoms with van der Waals surface area (Å²) >= 11 is 0. The lowest BCUT2D eigenvalue weighted by molar-refractivity contribution is -0.145. The van der Waals surface area contributed by atoms with Crippen LogP contribution in [0.2, 0.25) is 0 Å². The fraction of sp³-hybridized carbons (Fsp3) is 0.697. The minimum absolute atomic E-state index is 0.00592. The van der Waals surface area contributed by atoms with Crippen molar-refractivity contribution in [1.29, 1.82) is 0 Å². The number of esters is 2. The molecular formula is C33H54N4O12. The lowest BCUT2D eigenvalue weighted by atomic mass is 10.0. The van der Waals surface area contributed by atoms with E-state index in [2.05, 4.69) is 0 Å². The third kappa shape index (κ3) is 18.3. The summed E-state index contributed by atoms with van der Waals surface area (Å²) in [5.74, 6) is -2.25. The SMILES string of the molecule is CCOCCOCCOCCOc1ccc(C[C@@H](C(=O)O)N2CCN(CC(=O)O)CCN(CC(=O)OC)CCN(CC(=O)OC)CC2)cc1. The molecule has 2 rings (SSSR count). The second kappa shape index (κ2) is 24.7. The van der Waals surface area contributed by atoms with E-state index in [0.717, 1.165) is 5.56 Å². The fourth-order valence-electron chi connectivity index (χ4n) is 5.14. The van der Waals surface area contributed by atoms with Crippen LogP contribution in [0.4, 0.5) is 0 Å². The molecule has 0 unspecified atom stereocenters. The number of aliphatic carboxylic acids is 2. The highest BCUT2D eigenvalue weighted by Crippen LogP contribution is 2.16. The molecule has 1 saturated heterocycles. The van der Waals surface area contributed by atoms with Crippen molar-refractivity contribution in [2.45, 2.75) is 19.4 Å². The number of nitrogens with zero attached hydrogens (tertiary/aromatic N) is 4. The van der Waals surface area contributed by atoms with Gasteiger partial charge in [0.15, 0.2) is 0 Å². The highest BCUT2D eigenvalue weighted by Gasteiger charge is 2.28. The van der Waals surface area contributed by atoms with Crippen LogP contribution in [0.1, 0.15) is 12.5 Å². The normalized spacial score (nSPS) is 16.6. The van der Waals surface area contributed by atoms with Crippen molar-refractivity contribution in [1.82, 2.24) is 19.6 Å². The number of carbonyl (C=O) groups is 4. The standard InChI is InChI=1S/C33H54N4O12/c1-4-46-17-18-47-19-20-48-21-22-49-28-7-5-27(6-8-28)23-29(33(42)43)37-15-13-34(24-30(38)39)9-10-35(25-31(40)44-2)11-12-36(14-16-37)26-32(41)45-3/h5-8,29H,4,9-26H2,1-3H3,(H,38,39)(H,42,43)/t29-/m0/s1. The molecule has 1 aromatic carbocycles. The molecule has 0 aromatic heterocycles.